The van der Waals surface area contributed by atoms with E-state index in [0.29, 0.717) is 0 Å². The summed E-state index contributed by atoms with van der Waals surface area (Å²) in [6.07, 6.45) is 3.32. The van der Waals surface area contributed by atoms with Gasteiger partial charge in [0.15, 0.2) is 0 Å². The molecule has 1 heterocycles. The van der Waals surface area contributed by atoms with E-state index in [1.54, 1.807) is 18.5 Å². The lowest BCUT2D eigenvalue weighted by atomic mass is 10.3. The van der Waals surface area contributed by atoms with E-state index < -0.39 is 0 Å². The number of rotatable bonds is 1. The van der Waals surface area contributed by atoms with Crippen molar-refractivity contribution in [2.45, 2.75) is 6.61 Å². The Hall–Kier alpha value is -0.600. The van der Waals surface area contributed by atoms with E-state index in [1.807, 2.05) is 6.07 Å². The van der Waals surface area contributed by atoms with Crippen molar-refractivity contribution in [2.24, 2.45) is 0 Å². The van der Waals surface area contributed by atoms with Crippen LogP contribution in [0.5, 0.6) is 0 Å². The van der Waals surface area contributed by atoms with Gasteiger partial charge >= 0.3 is 0 Å². The molecule has 0 aliphatic carbocycles. The van der Waals surface area contributed by atoms with Crippen molar-refractivity contribution in [3.8, 4) is 0 Å². The normalized spacial score (nSPS) is 8.11. The molecule has 1 aromatic rings. The summed E-state index contributed by atoms with van der Waals surface area (Å²) >= 11 is 0. The smallest absolute Gasteiger partial charge is 0.0696 e. The highest BCUT2D eigenvalue weighted by molar-refractivity contribution is 5.85. The first kappa shape index (κ1) is 8.40. The Labute approximate surface area is 60.0 Å². The van der Waals surface area contributed by atoms with Gasteiger partial charge in [0.2, 0.25) is 0 Å². The van der Waals surface area contributed by atoms with Gasteiger partial charge in [-0.25, -0.2) is 0 Å². The largest absolute Gasteiger partial charge is 0.392 e. The van der Waals surface area contributed by atoms with Crippen molar-refractivity contribution in [1.82, 2.24) is 4.98 Å². The fourth-order valence-corrected chi connectivity index (χ4v) is 0.492. The maximum Gasteiger partial charge on any atom is 0.0696 e. The lowest BCUT2D eigenvalue weighted by Crippen LogP contribution is -1.80. The SMILES string of the molecule is Cl.OCc1cccnc1. The second-order valence-electron chi connectivity index (χ2n) is 1.52. The highest BCUT2D eigenvalue weighted by atomic mass is 35.5. The number of pyridine rings is 1. The molecule has 0 spiro atoms. The van der Waals surface area contributed by atoms with Crippen molar-refractivity contribution in [2.75, 3.05) is 0 Å². The summed E-state index contributed by atoms with van der Waals surface area (Å²) < 4.78 is 0. The van der Waals surface area contributed by atoms with Crippen molar-refractivity contribution < 1.29 is 5.11 Å². The highest BCUT2D eigenvalue weighted by Gasteiger charge is 1.82. The van der Waals surface area contributed by atoms with Crippen LogP contribution in [-0.4, -0.2) is 10.1 Å². The topological polar surface area (TPSA) is 33.1 Å². The van der Waals surface area contributed by atoms with Crippen molar-refractivity contribution in [3.05, 3.63) is 30.1 Å². The summed E-state index contributed by atoms with van der Waals surface area (Å²) in [5, 5.41) is 8.50. The van der Waals surface area contributed by atoms with Crippen molar-refractivity contribution >= 4 is 12.4 Å². The van der Waals surface area contributed by atoms with Gasteiger partial charge in [0.05, 0.1) is 6.61 Å². The van der Waals surface area contributed by atoms with Gasteiger partial charge in [0.25, 0.3) is 0 Å². The Kier molecular flexibility index (Phi) is 4.01. The van der Waals surface area contributed by atoms with E-state index in [-0.39, 0.29) is 19.0 Å². The molecule has 0 saturated heterocycles. The van der Waals surface area contributed by atoms with Crippen LogP contribution in [0.25, 0.3) is 0 Å². The van der Waals surface area contributed by atoms with Crippen LogP contribution in [0.3, 0.4) is 0 Å². The molecule has 0 unspecified atom stereocenters. The molecule has 50 valence electrons. The van der Waals surface area contributed by atoms with Gasteiger partial charge in [-0.1, -0.05) is 6.07 Å². The van der Waals surface area contributed by atoms with E-state index in [2.05, 4.69) is 4.98 Å². The van der Waals surface area contributed by atoms with Gasteiger partial charge in [-0.2, -0.15) is 0 Å². The van der Waals surface area contributed by atoms with Gasteiger partial charge in [-0.05, 0) is 11.6 Å². The lowest BCUT2D eigenvalue weighted by molar-refractivity contribution is 0.281. The summed E-state index contributed by atoms with van der Waals surface area (Å²) in [6, 6.07) is 3.62. The first-order valence-electron chi connectivity index (χ1n) is 2.43. The fraction of sp³-hybridized carbons (Fsp3) is 0.167. The van der Waals surface area contributed by atoms with E-state index in [4.69, 9.17) is 5.11 Å². The molecule has 0 amide bonds. The Balaban J connectivity index is 0.000000640. The quantitative estimate of drug-likeness (QED) is 0.640. The number of hydrogen-bond donors (Lipinski definition) is 1. The molecule has 0 aromatic carbocycles. The standard InChI is InChI=1S/C6H7NO.ClH/c8-5-6-2-1-3-7-4-6;/h1-4,8H,5H2;1H. The predicted octanol–water partition coefficient (Wildman–Crippen LogP) is 0.996. The van der Waals surface area contributed by atoms with Crippen molar-refractivity contribution in [1.29, 1.82) is 0 Å². The summed E-state index contributed by atoms with van der Waals surface area (Å²) in [4.78, 5) is 3.80. The van der Waals surface area contributed by atoms with Crippen LogP contribution in [0.2, 0.25) is 0 Å². The van der Waals surface area contributed by atoms with E-state index in [0.717, 1.165) is 5.56 Å². The monoisotopic (exact) mass is 145 g/mol. The van der Waals surface area contributed by atoms with E-state index in [1.165, 1.54) is 0 Å². The minimum absolute atomic E-state index is 0. The van der Waals surface area contributed by atoms with Crippen LogP contribution in [0.1, 0.15) is 5.56 Å². The maximum atomic E-state index is 8.50. The molecule has 9 heavy (non-hydrogen) atoms. The van der Waals surface area contributed by atoms with Gasteiger partial charge < -0.3 is 5.11 Å². The molecular formula is C6H8ClNO. The Morgan fingerprint density at radius 3 is 2.67 bits per heavy atom. The Morgan fingerprint density at radius 2 is 2.33 bits per heavy atom. The molecule has 3 heteroatoms. The second-order valence-corrected chi connectivity index (χ2v) is 1.52. The number of aliphatic hydroxyl groups excluding tert-OH is 1. The number of hydrogen-bond acceptors (Lipinski definition) is 2. The third kappa shape index (κ3) is 2.44. The predicted molar refractivity (Wildman–Crippen MR) is 37.4 cm³/mol. The van der Waals surface area contributed by atoms with Gasteiger partial charge in [-0.15, -0.1) is 12.4 Å². The first-order chi connectivity index (χ1) is 3.93. The molecule has 0 saturated carbocycles. The van der Waals surface area contributed by atoms with Crippen LogP contribution >= 0.6 is 12.4 Å². The van der Waals surface area contributed by atoms with E-state index >= 15 is 0 Å². The average molecular weight is 146 g/mol. The first-order valence-corrected chi connectivity index (χ1v) is 2.43. The molecule has 0 atom stereocenters. The van der Waals surface area contributed by atoms with Crippen LogP contribution in [0.15, 0.2) is 24.5 Å². The molecule has 0 radical (unpaired) electrons. The zero-order chi connectivity index (χ0) is 5.82. The molecule has 1 rings (SSSR count). The summed E-state index contributed by atoms with van der Waals surface area (Å²) in [7, 11) is 0. The summed E-state index contributed by atoms with van der Waals surface area (Å²) in [5.41, 5.74) is 0.854. The lowest BCUT2D eigenvalue weighted by Gasteiger charge is -1.88. The van der Waals surface area contributed by atoms with Crippen LogP contribution in [0, 0.1) is 0 Å². The van der Waals surface area contributed by atoms with Gasteiger partial charge in [-0.3, -0.25) is 4.98 Å². The second kappa shape index (κ2) is 4.30. The molecule has 0 aliphatic rings. The number of aromatic nitrogens is 1. The van der Waals surface area contributed by atoms with Gasteiger partial charge in [0, 0.05) is 12.4 Å². The molecular weight excluding hydrogens is 138 g/mol. The maximum absolute atomic E-state index is 8.50. The summed E-state index contributed by atoms with van der Waals surface area (Å²) in [6.45, 7) is 0.0772. The van der Waals surface area contributed by atoms with E-state index in [9.17, 15) is 0 Å². The van der Waals surface area contributed by atoms with Crippen molar-refractivity contribution in [3.63, 3.8) is 0 Å². The number of halogens is 1. The van der Waals surface area contributed by atoms with Crippen LogP contribution in [-0.2, 0) is 6.61 Å². The number of nitrogens with zero attached hydrogens (tertiary/aromatic N) is 1. The highest BCUT2D eigenvalue weighted by Crippen LogP contribution is 1.92. The zero-order valence-electron chi connectivity index (χ0n) is 4.82. The molecule has 0 bridgehead atoms. The molecule has 1 aromatic heterocycles. The minimum Gasteiger partial charge on any atom is -0.392 e. The molecule has 0 fully saturated rings. The zero-order valence-corrected chi connectivity index (χ0v) is 5.64. The van der Waals surface area contributed by atoms with Crippen LogP contribution in [0.4, 0.5) is 0 Å². The average Bonchev–Trinajstić information content (AvgIpc) is 1.90. The van der Waals surface area contributed by atoms with Crippen LogP contribution < -0.4 is 0 Å². The Morgan fingerprint density at radius 1 is 1.56 bits per heavy atom. The molecule has 0 aliphatic heterocycles. The Bertz CT molecular complexity index is 154. The molecule has 2 nitrogen and oxygen atoms in total. The minimum atomic E-state index is 0. The molecule has 1 N–H and O–H groups in total. The number of aliphatic hydroxyl groups is 1. The third-order valence-corrected chi connectivity index (χ3v) is 0.905. The fourth-order valence-electron chi connectivity index (χ4n) is 0.492. The summed E-state index contributed by atoms with van der Waals surface area (Å²) in [5.74, 6) is 0. The third-order valence-electron chi connectivity index (χ3n) is 0.905. The van der Waals surface area contributed by atoms with Gasteiger partial charge in [0.1, 0.15) is 0 Å².